The smallest absolute Gasteiger partial charge is 0.459 e. The third-order valence-electron chi connectivity index (χ3n) is 3.31. The molecule has 1 rings (SSSR count). The number of carbonyl (C=O) groups excluding carboxylic acids is 2. The van der Waals surface area contributed by atoms with Crippen LogP contribution in [0, 0.1) is 5.82 Å². The lowest BCUT2D eigenvalue weighted by molar-refractivity contribution is -0.163. The molecule has 0 aliphatic carbocycles. The quantitative estimate of drug-likeness (QED) is 0.387. The van der Waals surface area contributed by atoms with Gasteiger partial charge in [-0.1, -0.05) is 0 Å². The van der Waals surface area contributed by atoms with Crippen LogP contribution < -0.4 is 5.32 Å². The number of hydrogen-bond acceptors (Lipinski definition) is 4. The first-order valence-corrected chi connectivity index (χ1v) is 7.06. The number of carbonyl (C=O) groups is 2. The molecule has 24 heavy (non-hydrogen) atoms. The van der Waals surface area contributed by atoms with Crippen LogP contribution in [-0.2, 0) is 19.7 Å². The van der Waals surface area contributed by atoms with Gasteiger partial charge in [-0.15, -0.1) is 0 Å². The first-order chi connectivity index (χ1) is 10.7. The Morgan fingerprint density at radius 1 is 1.08 bits per heavy atom. The first kappa shape index (κ1) is 19.9. The van der Waals surface area contributed by atoms with Crippen molar-refractivity contribution in [2.24, 2.45) is 0 Å². The van der Waals surface area contributed by atoms with E-state index in [4.69, 9.17) is 4.74 Å². The molecule has 0 radical (unpaired) electrons. The van der Waals surface area contributed by atoms with E-state index in [-0.39, 0.29) is 0 Å². The minimum atomic E-state index is -4.82. The van der Waals surface area contributed by atoms with Crippen LogP contribution in [0.25, 0.3) is 0 Å². The topological polar surface area (TPSA) is 55.4 Å². The molecule has 0 aliphatic heterocycles. The van der Waals surface area contributed by atoms with Gasteiger partial charge in [-0.25, -0.2) is 4.39 Å². The van der Waals surface area contributed by atoms with Crippen molar-refractivity contribution in [2.45, 2.75) is 51.9 Å². The number of nitrogens with one attached hydrogen (secondary N) is 1. The van der Waals surface area contributed by atoms with Crippen molar-refractivity contribution in [3.63, 3.8) is 0 Å². The van der Waals surface area contributed by atoms with Crippen molar-refractivity contribution < 1.29 is 31.9 Å². The van der Waals surface area contributed by atoms with Gasteiger partial charge < -0.3 is 4.74 Å². The molecule has 0 fully saturated rings. The van der Waals surface area contributed by atoms with E-state index >= 15 is 0 Å². The Bertz CT molecular complexity index is 650. The van der Waals surface area contributed by atoms with Gasteiger partial charge in [0, 0.05) is 11.3 Å². The third kappa shape index (κ3) is 4.69. The van der Waals surface area contributed by atoms with Gasteiger partial charge in [-0.2, -0.15) is 13.2 Å². The van der Waals surface area contributed by atoms with Gasteiger partial charge in [-0.3, -0.25) is 14.9 Å². The fourth-order valence-electron chi connectivity index (χ4n) is 2.02. The molecule has 0 heterocycles. The van der Waals surface area contributed by atoms with Crippen LogP contribution >= 0.6 is 0 Å². The molecule has 0 saturated carbocycles. The average molecular weight is 349 g/mol. The Kier molecular flexibility index (Phi) is 5.32. The number of ketones is 1. The predicted octanol–water partition coefficient (Wildman–Crippen LogP) is 3.95. The number of rotatable bonds is 4. The van der Waals surface area contributed by atoms with E-state index in [1.54, 1.807) is 20.8 Å². The maximum atomic E-state index is 13.6. The van der Waals surface area contributed by atoms with Gasteiger partial charge in [0.2, 0.25) is 0 Å². The second-order valence-corrected chi connectivity index (χ2v) is 6.50. The largest absolute Gasteiger partial charge is 0.482 e. The molecule has 1 aromatic carbocycles. The maximum Gasteiger partial charge on any atom is 0.482 e. The molecule has 0 aromatic heterocycles. The molecule has 4 nitrogen and oxygen atoms in total. The Labute approximate surface area is 137 Å². The van der Waals surface area contributed by atoms with Crippen LogP contribution in [0.5, 0.6) is 0 Å². The van der Waals surface area contributed by atoms with Crippen molar-refractivity contribution in [2.75, 3.05) is 5.32 Å². The van der Waals surface area contributed by atoms with E-state index in [9.17, 15) is 27.2 Å². The van der Waals surface area contributed by atoms with Crippen LogP contribution in [0.1, 0.15) is 40.2 Å². The van der Waals surface area contributed by atoms with E-state index in [1.807, 2.05) is 0 Å². The van der Waals surface area contributed by atoms with Crippen molar-refractivity contribution in [3.05, 3.63) is 29.6 Å². The highest BCUT2D eigenvalue weighted by Crippen LogP contribution is 2.36. The molecule has 0 unspecified atom stereocenters. The number of anilines is 1. The molecule has 134 valence electrons. The van der Waals surface area contributed by atoms with Gasteiger partial charge in [0.05, 0.1) is 0 Å². The summed E-state index contributed by atoms with van der Waals surface area (Å²) in [6.45, 7) is 6.79. The zero-order valence-electron chi connectivity index (χ0n) is 14.0. The highest BCUT2D eigenvalue weighted by molar-refractivity contribution is 6.09. The summed E-state index contributed by atoms with van der Waals surface area (Å²) in [6.07, 6.45) is -4.82. The number of Topliss-reactive ketones (excluding diaryl/α,β-unsaturated/α-hetero) is 1. The molecule has 8 heteroatoms. The zero-order chi connectivity index (χ0) is 18.9. The third-order valence-corrected chi connectivity index (χ3v) is 3.31. The molecule has 0 amide bonds. The number of ether oxygens (including phenoxy) is 1. The van der Waals surface area contributed by atoms with E-state index in [0.29, 0.717) is 0 Å². The summed E-state index contributed by atoms with van der Waals surface area (Å²) in [4.78, 5) is 24.6. The molecule has 1 atom stereocenters. The summed E-state index contributed by atoms with van der Waals surface area (Å²) in [7, 11) is 0. The Balaban J connectivity index is 3.53. The molecule has 0 aliphatic rings. The van der Waals surface area contributed by atoms with Crippen LogP contribution in [0.4, 0.5) is 23.2 Å². The summed E-state index contributed by atoms with van der Waals surface area (Å²) in [5, 5.41) is 1.23. The second-order valence-electron chi connectivity index (χ2n) is 6.50. The average Bonchev–Trinajstić information content (AvgIpc) is 2.36. The molecule has 0 saturated heterocycles. The van der Waals surface area contributed by atoms with Crippen LogP contribution in [-0.4, -0.2) is 23.7 Å². The molecule has 1 N–H and O–H groups in total. The van der Waals surface area contributed by atoms with Crippen LogP contribution in [0.15, 0.2) is 18.2 Å². The number of alkyl halides is 3. The summed E-state index contributed by atoms with van der Waals surface area (Å²) >= 11 is 0. The Morgan fingerprint density at radius 3 is 2.04 bits per heavy atom. The molecule has 0 bridgehead atoms. The molecule has 0 spiro atoms. The highest BCUT2D eigenvalue weighted by atomic mass is 19.4. The van der Waals surface area contributed by atoms with Gasteiger partial charge in [-0.05, 0) is 52.8 Å². The second kappa shape index (κ2) is 6.41. The maximum absolute atomic E-state index is 13.6. The number of halogens is 4. The van der Waals surface area contributed by atoms with E-state index in [0.717, 1.165) is 32.0 Å². The summed E-state index contributed by atoms with van der Waals surface area (Å²) in [5.74, 6) is -2.71. The Morgan fingerprint density at radius 2 is 1.62 bits per heavy atom. The lowest BCUT2D eigenvalue weighted by atomic mass is 9.78. The lowest BCUT2D eigenvalue weighted by Gasteiger charge is -2.31. The van der Waals surface area contributed by atoms with Crippen molar-refractivity contribution in [1.82, 2.24) is 0 Å². The van der Waals surface area contributed by atoms with Gasteiger partial charge in [0.1, 0.15) is 16.8 Å². The number of hydrogen-bond donors (Lipinski definition) is 1. The fraction of sp³-hybridized carbons (Fsp3) is 0.500. The minimum absolute atomic E-state index is 0.443. The monoisotopic (exact) mass is 349 g/mol. The summed E-state index contributed by atoms with van der Waals surface area (Å²) < 4.78 is 56.8. The highest BCUT2D eigenvalue weighted by Gasteiger charge is 2.46. The molecular formula is C16H19F4NO3. The minimum Gasteiger partial charge on any atom is -0.459 e. The van der Waals surface area contributed by atoms with Crippen LogP contribution in [0.3, 0.4) is 0 Å². The normalized spacial score (nSPS) is 14.7. The van der Waals surface area contributed by atoms with Crippen molar-refractivity contribution >= 4 is 17.4 Å². The lowest BCUT2D eigenvalue weighted by Crippen LogP contribution is -2.44. The van der Waals surface area contributed by atoms with Gasteiger partial charge in [0.25, 0.3) is 0 Å². The van der Waals surface area contributed by atoms with Gasteiger partial charge >= 0.3 is 12.3 Å². The van der Waals surface area contributed by atoms with Gasteiger partial charge in [0.15, 0.2) is 5.78 Å². The molecular weight excluding hydrogens is 330 g/mol. The van der Waals surface area contributed by atoms with Crippen molar-refractivity contribution in [1.29, 1.82) is 0 Å². The van der Waals surface area contributed by atoms with Crippen molar-refractivity contribution in [3.8, 4) is 0 Å². The zero-order valence-corrected chi connectivity index (χ0v) is 14.0. The number of esters is 1. The summed E-state index contributed by atoms with van der Waals surface area (Å²) in [5.41, 5.74) is -4.10. The Hall–Kier alpha value is -2.12. The van der Waals surface area contributed by atoms with Crippen LogP contribution in [0.2, 0.25) is 0 Å². The standard InChI is InChI=1S/C16H19F4NO3/c1-9(22)15(5,13(23)24-14(2,3)4)11-8-10(17)6-7-12(11)21-16(18,19)20/h6-8,21H,1-5H3/t15-/m0/s1. The van der Waals surface area contributed by atoms with E-state index in [1.165, 1.54) is 5.32 Å². The molecule has 1 aromatic rings. The SMILES string of the molecule is CC(=O)[C@](C)(C(=O)OC(C)(C)C)c1cc(F)ccc1NC(F)(F)F. The number of benzene rings is 1. The van der Waals surface area contributed by atoms with E-state index in [2.05, 4.69) is 0 Å². The fourth-order valence-corrected chi connectivity index (χ4v) is 2.02. The predicted molar refractivity (Wildman–Crippen MR) is 80.0 cm³/mol. The van der Waals surface area contributed by atoms with E-state index < -0.39 is 46.1 Å². The first-order valence-electron chi connectivity index (χ1n) is 7.06. The summed E-state index contributed by atoms with van der Waals surface area (Å²) in [6, 6.07) is 2.34.